The van der Waals surface area contributed by atoms with E-state index < -0.39 is 120 Å². The van der Waals surface area contributed by atoms with Crippen LogP contribution in [0.4, 0.5) is 0 Å². The number of phenolic OH excluding ortho intramolecular Hbond substituents is 1. The van der Waals surface area contributed by atoms with Crippen molar-refractivity contribution in [2.45, 2.75) is 161 Å². The lowest BCUT2D eigenvalue weighted by atomic mass is 9.99. The monoisotopic (exact) mass is 1090 g/mol. The smallest absolute Gasteiger partial charge is 0.326 e. The van der Waals surface area contributed by atoms with Crippen LogP contribution in [-0.4, -0.2) is 148 Å². The van der Waals surface area contributed by atoms with Crippen LogP contribution in [0.1, 0.15) is 105 Å². The number of amides is 9. The van der Waals surface area contributed by atoms with Crippen LogP contribution >= 0.6 is 0 Å². The third-order valence-corrected chi connectivity index (χ3v) is 12.7. The average Bonchev–Trinajstić information content (AvgIpc) is 3.86. The van der Waals surface area contributed by atoms with E-state index in [0.717, 1.165) is 0 Å². The molecule has 1 aliphatic heterocycles. The van der Waals surface area contributed by atoms with Crippen molar-refractivity contribution in [1.82, 2.24) is 42.1 Å². The number of phenols is 1. The minimum atomic E-state index is -1.71. The van der Waals surface area contributed by atoms with E-state index in [1.54, 1.807) is 58.0 Å². The van der Waals surface area contributed by atoms with Crippen molar-refractivity contribution in [3.63, 3.8) is 0 Å². The second-order valence-electron chi connectivity index (χ2n) is 20.8. The highest BCUT2D eigenvalue weighted by Crippen LogP contribution is 2.21. The van der Waals surface area contributed by atoms with Gasteiger partial charge in [-0.1, -0.05) is 84.0 Å². The zero-order valence-corrected chi connectivity index (χ0v) is 45.6. The van der Waals surface area contributed by atoms with Gasteiger partial charge in [0.05, 0.1) is 12.5 Å². The summed E-state index contributed by atoms with van der Waals surface area (Å²) in [6.45, 7) is 12.3. The number of carbonyl (C=O) groups is 10. The van der Waals surface area contributed by atoms with E-state index in [-0.39, 0.29) is 68.1 Å². The van der Waals surface area contributed by atoms with E-state index in [0.29, 0.717) is 36.9 Å². The molecule has 430 valence electrons. The number of rotatable bonds is 31. The molecule has 0 saturated carbocycles. The predicted octanol–water partition coefficient (Wildman–Crippen LogP) is -1.33. The first-order chi connectivity index (χ1) is 36.7. The first kappa shape index (κ1) is 64.5. The van der Waals surface area contributed by atoms with Crippen LogP contribution in [0, 0.1) is 17.8 Å². The third-order valence-electron chi connectivity index (χ3n) is 12.7. The number of likely N-dealkylation sites (tertiary alicyclic amines) is 1. The maximum Gasteiger partial charge on any atom is 0.326 e. The first-order valence-electron chi connectivity index (χ1n) is 26.2. The van der Waals surface area contributed by atoms with Gasteiger partial charge in [0, 0.05) is 25.9 Å². The second-order valence-corrected chi connectivity index (χ2v) is 20.8. The largest absolute Gasteiger partial charge is 0.508 e. The molecule has 0 aromatic heterocycles. The molecule has 3 rings (SSSR count). The molecule has 2 aromatic rings. The van der Waals surface area contributed by atoms with Gasteiger partial charge in [-0.25, -0.2) is 4.79 Å². The van der Waals surface area contributed by atoms with Gasteiger partial charge in [-0.2, -0.15) is 0 Å². The summed E-state index contributed by atoms with van der Waals surface area (Å²) in [5.74, 6) is -9.74. The van der Waals surface area contributed by atoms with Crippen molar-refractivity contribution in [3.8, 4) is 5.75 Å². The van der Waals surface area contributed by atoms with E-state index in [9.17, 15) is 58.2 Å². The van der Waals surface area contributed by atoms with E-state index >= 15 is 0 Å². The Morgan fingerprint density at radius 2 is 1.15 bits per heavy atom. The van der Waals surface area contributed by atoms with Crippen LogP contribution in [0.25, 0.3) is 0 Å². The number of benzene rings is 2. The van der Waals surface area contributed by atoms with Crippen molar-refractivity contribution < 1.29 is 58.2 Å². The zero-order chi connectivity index (χ0) is 58.4. The Kier molecular flexibility index (Phi) is 26.0. The molecule has 1 aliphatic rings. The molecule has 2 aromatic carbocycles. The van der Waals surface area contributed by atoms with E-state index in [1.807, 2.05) is 13.8 Å². The van der Waals surface area contributed by atoms with Crippen molar-refractivity contribution in [1.29, 1.82) is 0 Å². The Labute approximate surface area is 455 Å². The van der Waals surface area contributed by atoms with Crippen LogP contribution in [0.2, 0.25) is 0 Å². The Hall–Kier alpha value is -7.83. The fourth-order valence-electron chi connectivity index (χ4n) is 8.68. The molecule has 0 radical (unpaired) electrons. The van der Waals surface area contributed by atoms with E-state index in [4.69, 9.17) is 22.9 Å². The topological polar surface area (TPSA) is 415 Å². The van der Waals surface area contributed by atoms with Gasteiger partial charge in [0.1, 0.15) is 54.1 Å². The van der Waals surface area contributed by atoms with Crippen LogP contribution < -0.4 is 60.2 Å². The quantitative estimate of drug-likeness (QED) is 0.0236. The Morgan fingerprint density at radius 3 is 1.73 bits per heavy atom. The molecule has 17 N–H and O–H groups in total. The number of aliphatic carboxylic acids is 1. The van der Waals surface area contributed by atoms with Gasteiger partial charge >= 0.3 is 5.97 Å². The summed E-state index contributed by atoms with van der Waals surface area (Å²) in [5, 5.41) is 37.9. The number of carbonyl (C=O) groups excluding carboxylic acids is 9. The normalized spacial score (nSPS) is 16.2. The van der Waals surface area contributed by atoms with Crippen LogP contribution in [0.15, 0.2) is 59.6 Å². The molecule has 9 amide bonds. The maximum absolute atomic E-state index is 14.3. The van der Waals surface area contributed by atoms with Gasteiger partial charge in [0.25, 0.3) is 0 Å². The van der Waals surface area contributed by atoms with Gasteiger partial charge in [0.2, 0.25) is 53.2 Å². The molecule has 25 heteroatoms. The summed E-state index contributed by atoms with van der Waals surface area (Å²) in [6, 6.07) is 2.78. The number of primary amides is 1. The van der Waals surface area contributed by atoms with E-state index in [2.05, 4.69) is 42.2 Å². The predicted molar refractivity (Wildman–Crippen MR) is 289 cm³/mol. The summed E-state index contributed by atoms with van der Waals surface area (Å²) in [6.07, 6.45) is 0.270. The number of carboxylic acid groups (broad SMARTS) is 1. The molecule has 25 nitrogen and oxygen atoms in total. The summed E-state index contributed by atoms with van der Waals surface area (Å²) in [4.78, 5) is 141. The number of hydrogen-bond donors (Lipinski definition) is 13. The van der Waals surface area contributed by atoms with Gasteiger partial charge < -0.3 is 75.3 Å². The molecular formula is C53H81N13O12. The highest BCUT2D eigenvalue weighted by molar-refractivity contribution is 5.99. The van der Waals surface area contributed by atoms with Crippen molar-refractivity contribution in [3.05, 3.63) is 65.7 Å². The number of guanidine groups is 1. The molecule has 0 spiro atoms. The van der Waals surface area contributed by atoms with Gasteiger partial charge in [-0.15, -0.1) is 0 Å². The highest BCUT2D eigenvalue weighted by atomic mass is 16.4. The summed E-state index contributed by atoms with van der Waals surface area (Å²) < 4.78 is 0. The van der Waals surface area contributed by atoms with Gasteiger partial charge in [0.15, 0.2) is 5.96 Å². The molecule has 0 aliphatic carbocycles. The number of aromatic hydroxyl groups is 1. The van der Waals surface area contributed by atoms with E-state index in [1.165, 1.54) is 36.1 Å². The third kappa shape index (κ3) is 21.7. The Bertz CT molecular complexity index is 2420. The number of nitrogens with zero attached hydrogens (tertiary/aromatic N) is 2. The van der Waals surface area contributed by atoms with Crippen molar-refractivity contribution in [2.75, 3.05) is 13.1 Å². The summed E-state index contributed by atoms with van der Waals surface area (Å²) in [7, 11) is 0. The lowest BCUT2D eigenvalue weighted by molar-refractivity contribution is -0.142. The summed E-state index contributed by atoms with van der Waals surface area (Å²) >= 11 is 0. The van der Waals surface area contributed by atoms with Crippen molar-refractivity contribution >= 4 is 65.1 Å². The fourth-order valence-corrected chi connectivity index (χ4v) is 8.68. The maximum atomic E-state index is 14.3. The van der Waals surface area contributed by atoms with Crippen molar-refractivity contribution in [2.24, 2.45) is 45.7 Å². The number of nitrogens with two attached hydrogens (primary N) is 4. The van der Waals surface area contributed by atoms with Gasteiger partial charge in [-0.05, 0) is 86.5 Å². The van der Waals surface area contributed by atoms with Gasteiger partial charge in [-0.3, -0.25) is 48.1 Å². The number of hydrogen-bond acceptors (Lipinski definition) is 13. The molecule has 9 atom stereocenters. The standard InChI is InChI=1S/C53H81N13O12/c1-28(2)23-35(54)51(76)66-22-12-16-41(66)49(74)59-31(7)44(69)61-38(25-33-17-19-34(67)20-18-33)48(73)65-43(30(5)6)50(75)60-36(15-11-21-58-53(56)57)45(70)63-39(27-42(55)68)47(72)62-37(24-29(3)4)46(71)64-40(52(77)78)26-32-13-9-8-10-14-32/h8-10,13-14,17-20,28-31,35-41,43,67H,11-12,15-16,21-27,54H2,1-7H3,(H2,55,68)(H,59,74)(H,60,75)(H,61,69)(H,62,72)(H,63,70)(H,64,71)(H,65,73)(H,77,78)(H4,56,57,58)/t31-,35-,36-,37-,38-,39-,40-,41-,43-/m0/s1. The summed E-state index contributed by atoms with van der Waals surface area (Å²) in [5.41, 5.74) is 23.8. The molecule has 0 unspecified atom stereocenters. The minimum Gasteiger partial charge on any atom is -0.508 e. The molecule has 0 bridgehead atoms. The average molecular weight is 1090 g/mol. The lowest BCUT2D eigenvalue weighted by Gasteiger charge is -2.29. The zero-order valence-electron chi connectivity index (χ0n) is 45.6. The first-order valence-corrected chi connectivity index (χ1v) is 26.2. The number of carboxylic acids is 1. The van der Waals surface area contributed by atoms with Crippen LogP contribution in [0.3, 0.4) is 0 Å². The SMILES string of the molecule is CC(C)C[C@H](NC(=O)[C@H](CC(N)=O)NC(=O)[C@H](CCCN=C(N)N)NC(=O)[C@@H](NC(=O)[C@H](Cc1ccc(O)cc1)NC(=O)[C@H](C)NC(=O)[C@@H]1CCCN1C(=O)[C@@H](N)CC(C)C)C(C)C)C(=O)N[C@@H](Cc1ccccc1)C(=O)O. The second kappa shape index (κ2) is 31.4. The highest BCUT2D eigenvalue weighted by Gasteiger charge is 2.39. The van der Waals surface area contributed by atoms with Crippen LogP contribution in [0.5, 0.6) is 5.75 Å². The molecule has 1 heterocycles. The number of aliphatic imine (C=N–C) groups is 1. The molecular weight excluding hydrogens is 1010 g/mol. The number of nitrogens with one attached hydrogen (secondary N) is 7. The molecule has 78 heavy (non-hydrogen) atoms. The minimum absolute atomic E-state index is 0.00779. The Morgan fingerprint density at radius 1 is 0.628 bits per heavy atom. The molecule has 1 saturated heterocycles. The van der Waals surface area contributed by atoms with Crippen LogP contribution in [-0.2, 0) is 60.8 Å². The molecule has 1 fully saturated rings. The Balaban J connectivity index is 1.87. The fraction of sp³-hybridized carbons (Fsp3) is 0.566. The lowest BCUT2D eigenvalue weighted by Crippen LogP contribution is -2.61.